The van der Waals surface area contributed by atoms with Crippen LogP contribution in [0.2, 0.25) is 0 Å². The molecule has 1 rings (SSSR count). The van der Waals surface area contributed by atoms with Crippen LogP contribution in [-0.2, 0) is 0 Å². The molecular weight excluding hydrogens is 204 g/mol. The Morgan fingerprint density at radius 1 is 1.13 bits per heavy atom. The van der Waals surface area contributed by atoms with E-state index < -0.39 is 0 Å². The molecule has 1 aromatic carbocycles. The molecule has 0 aliphatic carbocycles. The van der Waals surface area contributed by atoms with Crippen LogP contribution >= 0.6 is 12.6 Å². The Bertz CT molecular complexity index is 297. The maximum absolute atomic E-state index is 5.74. The molecule has 0 heterocycles. The maximum Gasteiger partial charge on any atom is 0.122 e. The Kier molecular flexibility index (Phi) is 5.62. The number of rotatable bonds is 6. The fourth-order valence-corrected chi connectivity index (χ4v) is 1.68. The van der Waals surface area contributed by atoms with Crippen molar-refractivity contribution < 1.29 is 4.74 Å². The first kappa shape index (κ1) is 12.4. The van der Waals surface area contributed by atoms with Crippen LogP contribution < -0.4 is 4.74 Å². The molecule has 0 radical (unpaired) electrons. The summed E-state index contributed by atoms with van der Waals surface area (Å²) in [5, 5.41) is 0. The highest BCUT2D eigenvalue weighted by molar-refractivity contribution is 7.80. The van der Waals surface area contributed by atoms with Gasteiger partial charge in [-0.1, -0.05) is 12.1 Å². The van der Waals surface area contributed by atoms with Gasteiger partial charge in [0, 0.05) is 0 Å². The molecular formula is C13H20OS. The van der Waals surface area contributed by atoms with E-state index in [1.54, 1.807) is 0 Å². The predicted octanol–water partition coefficient (Wildman–Crippen LogP) is 3.78. The van der Waals surface area contributed by atoms with Gasteiger partial charge in [0.2, 0.25) is 0 Å². The molecule has 0 aromatic heterocycles. The first-order chi connectivity index (χ1) is 7.25. The molecule has 15 heavy (non-hydrogen) atoms. The van der Waals surface area contributed by atoms with E-state index in [4.69, 9.17) is 4.74 Å². The summed E-state index contributed by atoms with van der Waals surface area (Å²) >= 11 is 4.18. The molecule has 1 aromatic rings. The molecule has 2 heteroatoms. The first-order valence-electron chi connectivity index (χ1n) is 5.55. The van der Waals surface area contributed by atoms with Gasteiger partial charge in [-0.2, -0.15) is 12.6 Å². The molecule has 0 saturated carbocycles. The Hall–Kier alpha value is -0.630. The minimum Gasteiger partial charge on any atom is -0.493 e. The normalized spacial score (nSPS) is 10.3. The molecule has 0 saturated heterocycles. The third kappa shape index (κ3) is 4.17. The van der Waals surface area contributed by atoms with Crippen LogP contribution in [0.15, 0.2) is 18.2 Å². The van der Waals surface area contributed by atoms with Crippen LogP contribution in [0.25, 0.3) is 0 Å². The Morgan fingerprint density at radius 3 is 2.67 bits per heavy atom. The summed E-state index contributed by atoms with van der Waals surface area (Å²) in [5.74, 6) is 2.00. The van der Waals surface area contributed by atoms with Gasteiger partial charge in [0.05, 0.1) is 6.61 Å². The van der Waals surface area contributed by atoms with Crippen molar-refractivity contribution in [2.45, 2.75) is 33.1 Å². The number of unbranched alkanes of at least 4 members (excludes halogenated alkanes) is 2. The third-order valence-corrected chi connectivity index (χ3v) is 2.93. The number of ether oxygens (including phenoxy) is 1. The second-order valence-electron chi connectivity index (χ2n) is 3.83. The van der Waals surface area contributed by atoms with E-state index in [-0.39, 0.29) is 0 Å². The molecule has 0 bridgehead atoms. The molecule has 0 aliphatic heterocycles. The van der Waals surface area contributed by atoms with E-state index in [9.17, 15) is 0 Å². The van der Waals surface area contributed by atoms with Crippen molar-refractivity contribution in [2.24, 2.45) is 0 Å². The van der Waals surface area contributed by atoms with Crippen molar-refractivity contribution in [3.05, 3.63) is 29.3 Å². The average molecular weight is 224 g/mol. The average Bonchev–Trinajstić information content (AvgIpc) is 2.24. The van der Waals surface area contributed by atoms with E-state index in [1.807, 2.05) is 12.1 Å². The van der Waals surface area contributed by atoms with Crippen LogP contribution in [0.1, 0.15) is 30.4 Å². The molecule has 0 amide bonds. The van der Waals surface area contributed by atoms with Crippen molar-refractivity contribution in [1.29, 1.82) is 0 Å². The van der Waals surface area contributed by atoms with Crippen molar-refractivity contribution >= 4 is 12.6 Å². The molecule has 0 fully saturated rings. The number of aryl methyl sites for hydroxylation is 1. The van der Waals surface area contributed by atoms with Gasteiger partial charge in [0.15, 0.2) is 0 Å². The second-order valence-corrected chi connectivity index (χ2v) is 4.28. The number of thiol groups is 1. The quantitative estimate of drug-likeness (QED) is 0.571. The lowest BCUT2D eigenvalue weighted by Crippen LogP contribution is -1.99. The zero-order valence-electron chi connectivity index (χ0n) is 9.62. The summed E-state index contributed by atoms with van der Waals surface area (Å²) in [4.78, 5) is 0. The van der Waals surface area contributed by atoms with Gasteiger partial charge in [0.1, 0.15) is 5.75 Å². The fourth-order valence-electron chi connectivity index (χ4n) is 1.45. The van der Waals surface area contributed by atoms with Gasteiger partial charge in [0.25, 0.3) is 0 Å². The summed E-state index contributed by atoms with van der Waals surface area (Å²) in [7, 11) is 0. The second kappa shape index (κ2) is 6.78. The maximum atomic E-state index is 5.74. The van der Waals surface area contributed by atoms with E-state index in [1.165, 1.54) is 24.0 Å². The number of benzene rings is 1. The smallest absolute Gasteiger partial charge is 0.122 e. The molecule has 0 N–H and O–H groups in total. The van der Waals surface area contributed by atoms with E-state index in [0.29, 0.717) is 0 Å². The zero-order valence-corrected chi connectivity index (χ0v) is 10.5. The molecule has 84 valence electrons. The zero-order chi connectivity index (χ0) is 11.1. The minimum atomic E-state index is 0.818. The lowest BCUT2D eigenvalue weighted by Gasteiger charge is -2.10. The highest BCUT2D eigenvalue weighted by atomic mass is 32.1. The highest BCUT2D eigenvalue weighted by Crippen LogP contribution is 2.20. The summed E-state index contributed by atoms with van der Waals surface area (Å²) in [5.41, 5.74) is 2.55. The van der Waals surface area contributed by atoms with Crippen LogP contribution in [-0.4, -0.2) is 12.4 Å². The molecule has 0 aliphatic rings. The first-order valence-corrected chi connectivity index (χ1v) is 6.19. The van der Waals surface area contributed by atoms with Gasteiger partial charge < -0.3 is 4.74 Å². The Balaban J connectivity index is 2.34. The van der Waals surface area contributed by atoms with Crippen molar-refractivity contribution in [1.82, 2.24) is 0 Å². The summed E-state index contributed by atoms with van der Waals surface area (Å²) < 4.78 is 5.74. The largest absolute Gasteiger partial charge is 0.493 e. The topological polar surface area (TPSA) is 9.23 Å². The van der Waals surface area contributed by atoms with Crippen molar-refractivity contribution in [3.8, 4) is 5.75 Å². The lowest BCUT2D eigenvalue weighted by atomic mass is 10.1. The monoisotopic (exact) mass is 224 g/mol. The van der Waals surface area contributed by atoms with Gasteiger partial charge in [-0.25, -0.2) is 0 Å². The molecule has 0 spiro atoms. The number of hydrogen-bond acceptors (Lipinski definition) is 2. The molecule has 1 nitrogen and oxygen atoms in total. The lowest BCUT2D eigenvalue weighted by molar-refractivity contribution is 0.304. The van der Waals surface area contributed by atoms with Crippen molar-refractivity contribution in [2.75, 3.05) is 12.4 Å². The number of hydrogen-bond donors (Lipinski definition) is 1. The van der Waals surface area contributed by atoms with Gasteiger partial charge >= 0.3 is 0 Å². The van der Waals surface area contributed by atoms with E-state index >= 15 is 0 Å². The highest BCUT2D eigenvalue weighted by Gasteiger charge is 2.00. The Morgan fingerprint density at radius 2 is 1.93 bits per heavy atom. The predicted molar refractivity (Wildman–Crippen MR) is 69.1 cm³/mol. The minimum absolute atomic E-state index is 0.818. The standard InChI is InChI=1S/C13H20OS/c1-11-7-6-8-13(12(11)2)14-9-4-3-5-10-15/h6-8,15H,3-5,9-10H2,1-2H3. The van der Waals surface area contributed by atoms with Crippen LogP contribution in [0.5, 0.6) is 5.75 Å². The van der Waals surface area contributed by atoms with Gasteiger partial charge in [-0.05, 0) is 56.1 Å². The summed E-state index contributed by atoms with van der Waals surface area (Å²) in [6.07, 6.45) is 3.50. The van der Waals surface area contributed by atoms with Crippen molar-refractivity contribution in [3.63, 3.8) is 0 Å². The third-order valence-electron chi connectivity index (χ3n) is 2.61. The van der Waals surface area contributed by atoms with Crippen LogP contribution in [0.4, 0.5) is 0 Å². The van der Waals surface area contributed by atoms with Gasteiger partial charge in [-0.15, -0.1) is 0 Å². The van der Waals surface area contributed by atoms with E-state index in [0.717, 1.165) is 24.5 Å². The molecule has 0 atom stereocenters. The van der Waals surface area contributed by atoms with E-state index in [2.05, 4.69) is 32.5 Å². The molecule has 0 unspecified atom stereocenters. The fraction of sp³-hybridized carbons (Fsp3) is 0.538. The van der Waals surface area contributed by atoms with Crippen LogP contribution in [0.3, 0.4) is 0 Å². The summed E-state index contributed by atoms with van der Waals surface area (Å²) in [6, 6.07) is 6.20. The van der Waals surface area contributed by atoms with Gasteiger partial charge in [-0.3, -0.25) is 0 Å². The SMILES string of the molecule is Cc1cccc(OCCCCCS)c1C. The van der Waals surface area contributed by atoms with Crippen LogP contribution in [0, 0.1) is 13.8 Å². The Labute approximate surface area is 98.3 Å². The summed E-state index contributed by atoms with van der Waals surface area (Å²) in [6.45, 7) is 5.04.